The summed E-state index contributed by atoms with van der Waals surface area (Å²) in [4.78, 5) is 27.0. The van der Waals surface area contributed by atoms with E-state index >= 15 is 0 Å². The number of nitrogens with zero attached hydrogens (tertiary/aromatic N) is 1. The van der Waals surface area contributed by atoms with E-state index < -0.39 is 30.0 Å². The Morgan fingerprint density at radius 2 is 1.39 bits per heavy atom. The van der Waals surface area contributed by atoms with Gasteiger partial charge in [-0.25, -0.2) is 4.79 Å². The molecule has 38 heavy (non-hydrogen) atoms. The lowest BCUT2D eigenvalue weighted by atomic mass is 10.0. The molecule has 0 unspecified atom stereocenters. The molecule has 0 saturated carbocycles. The minimum Gasteiger partial charge on any atom is -0.444 e. The lowest BCUT2D eigenvalue weighted by molar-refractivity contribution is -0.122. The molecule has 0 bridgehead atoms. The van der Waals surface area contributed by atoms with Crippen LogP contribution in [0.25, 0.3) is 0 Å². The average molecular weight is 526 g/mol. The van der Waals surface area contributed by atoms with Crippen molar-refractivity contribution in [1.82, 2.24) is 4.90 Å². The van der Waals surface area contributed by atoms with Crippen molar-refractivity contribution in [2.24, 2.45) is 0 Å². The second-order valence-electron chi connectivity index (χ2n) is 10.9. The van der Waals surface area contributed by atoms with Crippen LogP contribution in [0.15, 0.2) is 60.7 Å². The Morgan fingerprint density at radius 1 is 0.868 bits per heavy atom. The Hall–Kier alpha value is -2.74. The van der Waals surface area contributed by atoms with E-state index in [0.29, 0.717) is 19.8 Å². The summed E-state index contributed by atoms with van der Waals surface area (Å²) in [5.74, 6) is 0.0146. The molecule has 0 aliphatic carbocycles. The third-order valence-electron chi connectivity index (χ3n) is 6.30. The van der Waals surface area contributed by atoms with E-state index in [2.05, 4.69) is 6.92 Å². The molecule has 7 nitrogen and oxygen atoms in total. The van der Waals surface area contributed by atoms with Crippen LogP contribution in [0.1, 0.15) is 65.0 Å². The normalized spacial score (nSPS) is 21.3. The number of unbranched alkanes of at least 4 members (excludes halogenated alkanes) is 1. The highest BCUT2D eigenvalue weighted by Gasteiger charge is 2.47. The van der Waals surface area contributed by atoms with Gasteiger partial charge in [0.15, 0.2) is 0 Å². The van der Waals surface area contributed by atoms with Crippen LogP contribution in [0.2, 0.25) is 0 Å². The summed E-state index contributed by atoms with van der Waals surface area (Å²) >= 11 is 0. The fourth-order valence-electron chi connectivity index (χ4n) is 4.48. The fraction of sp³-hybridized carbons (Fsp3) is 0.548. The molecule has 0 spiro atoms. The van der Waals surface area contributed by atoms with E-state index in [1.807, 2.05) is 81.4 Å². The van der Waals surface area contributed by atoms with Crippen molar-refractivity contribution in [3.8, 4) is 0 Å². The quantitative estimate of drug-likeness (QED) is 0.322. The van der Waals surface area contributed by atoms with E-state index in [1.54, 1.807) is 11.8 Å². The summed E-state index contributed by atoms with van der Waals surface area (Å²) in [5.41, 5.74) is 1.44. The van der Waals surface area contributed by atoms with Crippen LogP contribution in [0.5, 0.6) is 0 Å². The Balaban J connectivity index is 1.85. The molecule has 4 atom stereocenters. The molecule has 1 aliphatic heterocycles. The number of amides is 1. The minimum atomic E-state index is -0.611. The molecule has 0 radical (unpaired) electrons. The topological polar surface area (TPSA) is 74.3 Å². The smallest absolute Gasteiger partial charge is 0.410 e. The highest BCUT2D eigenvalue weighted by atomic mass is 16.6. The van der Waals surface area contributed by atoms with Gasteiger partial charge in [-0.1, -0.05) is 74.0 Å². The number of rotatable bonds is 13. The van der Waals surface area contributed by atoms with Gasteiger partial charge in [-0.15, -0.1) is 0 Å². The molecule has 0 aromatic heterocycles. The first-order valence-electron chi connectivity index (χ1n) is 13.6. The van der Waals surface area contributed by atoms with Gasteiger partial charge in [0.2, 0.25) is 0 Å². The number of Topliss-reactive ketones (excluding diaryl/α,β-unsaturated/α-hetero) is 1. The molecule has 7 heteroatoms. The number of hydrogen-bond donors (Lipinski definition) is 0. The number of ketones is 1. The van der Waals surface area contributed by atoms with Crippen LogP contribution in [0.3, 0.4) is 0 Å². The molecule has 1 amide bonds. The Bertz CT molecular complexity index is 990. The Kier molecular flexibility index (Phi) is 11.3. The molecule has 0 N–H and O–H groups in total. The van der Waals surface area contributed by atoms with E-state index in [4.69, 9.17) is 18.9 Å². The van der Waals surface area contributed by atoms with Crippen molar-refractivity contribution in [2.75, 3.05) is 13.1 Å². The molecule has 2 aromatic carbocycles. The second kappa shape index (κ2) is 14.4. The van der Waals surface area contributed by atoms with Crippen molar-refractivity contribution in [3.63, 3.8) is 0 Å². The predicted octanol–water partition coefficient (Wildman–Crippen LogP) is 5.94. The van der Waals surface area contributed by atoms with Crippen molar-refractivity contribution >= 4 is 11.9 Å². The maximum absolute atomic E-state index is 13.1. The van der Waals surface area contributed by atoms with Crippen molar-refractivity contribution in [2.45, 2.75) is 97.1 Å². The van der Waals surface area contributed by atoms with Crippen LogP contribution in [-0.2, 0) is 37.0 Å². The lowest BCUT2D eigenvalue weighted by Gasteiger charge is -2.31. The third-order valence-corrected chi connectivity index (χ3v) is 6.30. The monoisotopic (exact) mass is 525 g/mol. The van der Waals surface area contributed by atoms with Gasteiger partial charge in [0.25, 0.3) is 0 Å². The van der Waals surface area contributed by atoms with Crippen LogP contribution >= 0.6 is 0 Å². The van der Waals surface area contributed by atoms with E-state index in [1.165, 1.54) is 0 Å². The maximum atomic E-state index is 13.1. The first kappa shape index (κ1) is 29.8. The number of carbonyl (C=O) groups is 2. The first-order chi connectivity index (χ1) is 18.2. The van der Waals surface area contributed by atoms with Crippen LogP contribution < -0.4 is 0 Å². The molecular weight excluding hydrogens is 482 g/mol. The summed E-state index contributed by atoms with van der Waals surface area (Å²) in [7, 11) is 0. The highest BCUT2D eigenvalue weighted by Crippen LogP contribution is 2.31. The number of hydrogen-bond acceptors (Lipinski definition) is 6. The summed E-state index contributed by atoms with van der Waals surface area (Å²) in [5, 5.41) is 0. The molecule has 1 saturated heterocycles. The minimum absolute atomic E-state index is 0.0146. The van der Waals surface area contributed by atoms with E-state index in [0.717, 1.165) is 24.0 Å². The third kappa shape index (κ3) is 9.53. The largest absolute Gasteiger partial charge is 0.444 e. The molecule has 1 fully saturated rings. The van der Waals surface area contributed by atoms with Gasteiger partial charge in [-0.3, -0.25) is 4.79 Å². The van der Waals surface area contributed by atoms with E-state index in [9.17, 15) is 9.59 Å². The van der Waals surface area contributed by atoms with Crippen molar-refractivity contribution in [1.29, 1.82) is 0 Å². The van der Waals surface area contributed by atoms with Gasteiger partial charge < -0.3 is 23.8 Å². The van der Waals surface area contributed by atoms with Gasteiger partial charge in [0, 0.05) is 13.0 Å². The zero-order valence-electron chi connectivity index (χ0n) is 23.4. The standard InChI is InChI=1S/C31H43NO6/c1-6-7-18-32(30(34)38-31(3,4)5)20-27-29(36-22-25-16-12-9-13-17-25)28(26(37-27)19-23(2)33)35-21-24-14-10-8-11-15-24/h8-17,26-29H,6-7,18-22H2,1-5H3/t26-,27-,28+,29-/m1/s1. The average Bonchev–Trinajstić information content (AvgIpc) is 3.18. The van der Waals surface area contributed by atoms with E-state index in [-0.39, 0.29) is 24.8 Å². The molecule has 2 aromatic rings. The lowest BCUT2D eigenvalue weighted by Crippen LogP contribution is -2.46. The molecule has 208 valence electrons. The van der Waals surface area contributed by atoms with Gasteiger partial charge in [-0.05, 0) is 45.2 Å². The number of benzene rings is 2. The molecule has 3 rings (SSSR count). The van der Waals surface area contributed by atoms with Gasteiger partial charge >= 0.3 is 6.09 Å². The molecular formula is C31H43NO6. The van der Waals surface area contributed by atoms with Crippen LogP contribution in [-0.4, -0.2) is 59.9 Å². The summed E-state index contributed by atoms with van der Waals surface area (Å²) < 4.78 is 25.0. The molecule has 1 aliphatic rings. The van der Waals surface area contributed by atoms with Crippen LogP contribution in [0, 0.1) is 0 Å². The van der Waals surface area contributed by atoms with Crippen LogP contribution in [0.4, 0.5) is 4.79 Å². The maximum Gasteiger partial charge on any atom is 0.410 e. The zero-order valence-corrected chi connectivity index (χ0v) is 23.4. The first-order valence-corrected chi connectivity index (χ1v) is 13.6. The Labute approximate surface area is 227 Å². The highest BCUT2D eigenvalue weighted by molar-refractivity contribution is 5.76. The fourth-order valence-corrected chi connectivity index (χ4v) is 4.48. The zero-order chi connectivity index (χ0) is 27.5. The summed E-state index contributed by atoms with van der Waals surface area (Å²) in [6, 6.07) is 19.8. The molecule has 1 heterocycles. The van der Waals surface area contributed by atoms with Crippen molar-refractivity contribution in [3.05, 3.63) is 71.8 Å². The number of ether oxygens (including phenoxy) is 4. The van der Waals surface area contributed by atoms with Gasteiger partial charge in [0.1, 0.15) is 29.7 Å². The van der Waals surface area contributed by atoms with Crippen molar-refractivity contribution < 1.29 is 28.5 Å². The van der Waals surface area contributed by atoms with Gasteiger partial charge in [-0.2, -0.15) is 0 Å². The second-order valence-corrected chi connectivity index (χ2v) is 10.9. The Morgan fingerprint density at radius 3 is 1.87 bits per heavy atom. The summed E-state index contributed by atoms with van der Waals surface area (Å²) in [6.07, 6.45) is -0.298. The summed E-state index contributed by atoms with van der Waals surface area (Å²) in [6.45, 7) is 10.8. The SMILES string of the molecule is CCCCN(C[C@H]1O[C@H](CC(C)=O)[C@H](OCc2ccccc2)[C@@H]1OCc1ccccc1)C(=O)OC(C)(C)C. The predicted molar refractivity (Wildman–Crippen MR) is 147 cm³/mol. The van der Waals surface area contributed by atoms with Gasteiger partial charge in [0.05, 0.1) is 25.9 Å². The number of carbonyl (C=O) groups excluding carboxylic acids is 2.